The van der Waals surface area contributed by atoms with Crippen LogP contribution in [0.2, 0.25) is 0 Å². The van der Waals surface area contributed by atoms with Crippen LogP contribution in [0.4, 0.5) is 5.13 Å². The molecule has 3 nitrogen and oxygen atoms in total. The molecule has 0 saturated heterocycles. The molecule has 1 unspecified atom stereocenters. The Bertz CT molecular complexity index is 250. The summed E-state index contributed by atoms with van der Waals surface area (Å²) in [7, 11) is 0. The van der Waals surface area contributed by atoms with E-state index in [2.05, 4.69) is 10.3 Å². The van der Waals surface area contributed by atoms with Gasteiger partial charge >= 0.3 is 0 Å². The van der Waals surface area contributed by atoms with Crippen LogP contribution in [0.15, 0.2) is 5.38 Å². The number of hydrogen-bond acceptors (Lipinski definition) is 4. The van der Waals surface area contributed by atoms with Crippen molar-refractivity contribution in [2.75, 3.05) is 11.9 Å². The van der Waals surface area contributed by atoms with Gasteiger partial charge in [-0.2, -0.15) is 0 Å². The molecule has 13 heavy (non-hydrogen) atoms. The highest BCUT2D eigenvalue weighted by molar-refractivity contribution is 7.13. The lowest BCUT2D eigenvalue weighted by molar-refractivity contribution is 0.164. The number of nitrogens with zero attached hydrogens (tertiary/aromatic N) is 1. The summed E-state index contributed by atoms with van der Waals surface area (Å²) in [6.45, 7) is 4.75. The topological polar surface area (TPSA) is 45.1 Å². The van der Waals surface area contributed by atoms with Crippen LogP contribution < -0.4 is 5.32 Å². The molecular formula is C9H16N2OS. The van der Waals surface area contributed by atoms with E-state index < -0.39 is 0 Å². The summed E-state index contributed by atoms with van der Waals surface area (Å²) in [6.07, 6.45) is 1.42. The lowest BCUT2D eigenvalue weighted by atomic mass is 10.2. The predicted molar refractivity (Wildman–Crippen MR) is 56.3 cm³/mol. The molecule has 74 valence electrons. The Hall–Kier alpha value is -0.610. The molecule has 0 spiro atoms. The van der Waals surface area contributed by atoms with E-state index in [1.54, 1.807) is 11.3 Å². The molecule has 1 heterocycles. The van der Waals surface area contributed by atoms with Gasteiger partial charge in [0.05, 0.1) is 11.8 Å². The van der Waals surface area contributed by atoms with E-state index in [-0.39, 0.29) is 6.10 Å². The van der Waals surface area contributed by atoms with E-state index in [1.807, 2.05) is 19.2 Å². The summed E-state index contributed by atoms with van der Waals surface area (Å²) < 4.78 is 0. The minimum atomic E-state index is -0.187. The molecule has 1 rings (SSSR count). The second kappa shape index (κ2) is 5.19. The molecule has 0 aliphatic heterocycles. The number of anilines is 1. The fraction of sp³-hybridized carbons (Fsp3) is 0.667. The number of aromatic nitrogens is 1. The minimum absolute atomic E-state index is 0.187. The van der Waals surface area contributed by atoms with Gasteiger partial charge in [-0.15, -0.1) is 11.3 Å². The molecule has 0 aromatic carbocycles. The van der Waals surface area contributed by atoms with Crippen LogP contribution in [-0.4, -0.2) is 22.7 Å². The number of aryl methyl sites for hydroxylation is 1. The highest BCUT2D eigenvalue weighted by atomic mass is 32.1. The van der Waals surface area contributed by atoms with E-state index in [9.17, 15) is 5.11 Å². The zero-order valence-electron chi connectivity index (χ0n) is 8.08. The highest BCUT2D eigenvalue weighted by Crippen LogP contribution is 2.14. The fourth-order valence-corrected chi connectivity index (χ4v) is 1.70. The lowest BCUT2D eigenvalue weighted by Gasteiger charge is -2.07. The van der Waals surface area contributed by atoms with Crippen LogP contribution in [0.5, 0.6) is 0 Å². The number of rotatable bonds is 5. The van der Waals surface area contributed by atoms with Crippen LogP contribution in [-0.2, 0) is 0 Å². The maximum atomic E-state index is 9.28. The molecule has 1 aromatic rings. The van der Waals surface area contributed by atoms with Crippen molar-refractivity contribution in [1.29, 1.82) is 0 Å². The van der Waals surface area contributed by atoms with Crippen molar-refractivity contribution in [3.63, 3.8) is 0 Å². The summed E-state index contributed by atoms with van der Waals surface area (Å²) in [5, 5.41) is 15.4. The average molecular weight is 200 g/mol. The first-order chi connectivity index (χ1) is 6.22. The third kappa shape index (κ3) is 3.74. The summed E-state index contributed by atoms with van der Waals surface area (Å²) in [6, 6.07) is 0. The van der Waals surface area contributed by atoms with Crippen molar-refractivity contribution >= 4 is 16.5 Å². The van der Waals surface area contributed by atoms with Crippen LogP contribution in [0.25, 0.3) is 0 Å². The molecule has 0 radical (unpaired) electrons. The second-order valence-corrected chi connectivity index (χ2v) is 3.93. The number of aliphatic hydroxyl groups excluding tert-OH is 1. The number of nitrogens with one attached hydrogen (secondary N) is 1. The quantitative estimate of drug-likeness (QED) is 0.764. The molecule has 0 amide bonds. The van der Waals surface area contributed by atoms with Gasteiger partial charge in [0.25, 0.3) is 0 Å². The smallest absolute Gasteiger partial charge is 0.182 e. The first-order valence-electron chi connectivity index (χ1n) is 4.56. The summed E-state index contributed by atoms with van der Waals surface area (Å²) >= 11 is 1.60. The Balaban J connectivity index is 2.20. The summed E-state index contributed by atoms with van der Waals surface area (Å²) in [5.41, 5.74) is 1.04. The van der Waals surface area contributed by atoms with E-state index in [0.29, 0.717) is 0 Å². The van der Waals surface area contributed by atoms with Gasteiger partial charge in [-0.1, -0.05) is 6.92 Å². The maximum Gasteiger partial charge on any atom is 0.182 e. The van der Waals surface area contributed by atoms with Gasteiger partial charge in [-0.25, -0.2) is 4.98 Å². The Labute approximate surface area is 82.8 Å². The fourth-order valence-electron chi connectivity index (χ4n) is 0.985. The second-order valence-electron chi connectivity index (χ2n) is 3.07. The standard InChI is InChI=1S/C9H16N2OS/c1-3-8(12)4-5-10-9-11-7(2)6-13-9/h6,8,12H,3-5H2,1-2H3,(H,10,11). The van der Waals surface area contributed by atoms with Crippen molar-refractivity contribution in [3.05, 3.63) is 11.1 Å². The predicted octanol–water partition coefficient (Wildman–Crippen LogP) is 2.02. The van der Waals surface area contributed by atoms with E-state index in [4.69, 9.17) is 0 Å². The van der Waals surface area contributed by atoms with Crippen molar-refractivity contribution < 1.29 is 5.11 Å². The van der Waals surface area contributed by atoms with Gasteiger partial charge in [0.2, 0.25) is 0 Å². The van der Waals surface area contributed by atoms with Crippen LogP contribution >= 0.6 is 11.3 Å². The van der Waals surface area contributed by atoms with Crippen LogP contribution in [0.3, 0.4) is 0 Å². The summed E-state index contributed by atoms with van der Waals surface area (Å²) in [5.74, 6) is 0. The molecule has 0 fully saturated rings. The molecule has 4 heteroatoms. The minimum Gasteiger partial charge on any atom is -0.393 e. The first-order valence-corrected chi connectivity index (χ1v) is 5.44. The zero-order chi connectivity index (χ0) is 9.68. The van der Waals surface area contributed by atoms with E-state index >= 15 is 0 Å². The van der Waals surface area contributed by atoms with E-state index in [0.717, 1.165) is 30.2 Å². The molecular weight excluding hydrogens is 184 g/mol. The van der Waals surface area contributed by atoms with Crippen LogP contribution in [0.1, 0.15) is 25.5 Å². The lowest BCUT2D eigenvalue weighted by Crippen LogP contribution is -2.12. The normalized spacial score (nSPS) is 12.8. The molecule has 0 saturated carbocycles. The Morgan fingerprint density at radius 3 is 3.00 bits per heavy atom. The van der Waals surface area contributed by atoms with Gasteiger partial charge in [0.1, 0.15) is 0 Å². The Morgan fingerprint density at radius 2 is 2.46 bits per heavy atom. The monoisotopic (exact) mass is 200 g/mol. The maximum absolute atomic E-state index is 9.28. The van der Waals surface area contributed by atoms with Crippen molar-refractivity contribution in [2.24, 2.45) is 0 Å². The first kappa shape index (κ1) is 10.5. The van der Waals surface area contributed by atoms with Gasteiger partial charge < -0.3 is 10.4 Å². The van der Waals surface area contributed by atoms with Gasteiger partial charge in [0.15, 0.2) is 5.13 Å². The Morgan fingerprint density at radius 1 is 1.69 bits per heavy atom. The van der Waals surface area contributed by atoms with Gasteiger partial charge in [0, 0.05) is 11.9 Å². The van der Waals surface area contributed by atoms with Crippen molar-refractivity contribution in [1.82, 2.24) is 4.98 Å². The highest BCUT2D eigenvalue weighted by Gasteiger charge is 2.01. The molecule has 0 aliphatic carbocycles. The third-order valence-corrected chi connectivity index (χ3v) is 2.76. The molecule has 0 aliphatic rings. The number of aliphatic hydroxyl groups is 1. The van der Waals surface area contributed by atoms with Gasteiger partial charge in [-0.3, -0.25) is 0 Å². The molecule has 0 bridgehead atoms. The van der Waals surface area contributed by atoms with E-state index in [1.165, 1.54) is 0 Å². The largest absolute Gasteiger partial charge is 0.393 e. The molecule has 1 atom stereocenters. The number of thiazole rings is 1. The van der Waals surface area contributed by atoms with Gasteiger partial charge in [-0.05, 0) is 19.8 Å². The van der Waals surface area contributed by atoms with Crippen molar-refractivity contribution in [2.45, 2.75) is 32.8 Å². The Kier molecular flexibility index (Phi) is 4.18. The zero-order valence-corrected chi connectivity index (χ0v) is 8.90. The summed E-state index contributed by atoms with van der Waals surface area (Å²) in [4.78, 5) is 4.26. The van der Waals surface area contributed by atoms with Crippen molar-refractivity contribution in [3.8, 4) is 0 Å². The SMILES string of the molecule is CCC(O)CCNc1nc(C)cs1. The van der Waals surface area contributed by atoms with Crippen LogP contribution in [0, 0.1) is 6.92 Å². The number of hydrogen-bond donors (Lipinski definition) is 2. The third-order valence-electron chi connectivity index (χ3n) is 1.84. The molecule has 1 aromatic heterocycles. The average Bonchev–Trinajstić information content (AvgIpc) is 2.51. The molecule has 2 N–H and O–H groups in total.